The van der Waals surface area contributed by atoms with E-state index in [1.807, 2.05) is 6.07 Å². The molecule has 5 nitrogen and oxygen atoms in total. The molecule has 2 rings (SSSR count). The van der Waals surface area contributed by atoms with Gasteiger partial charge in [-0.3, -0.25) is 10.1 Å². The predicted octanol–water partition coefficient (Wildman–Crippen LogP) is 4.33. The molecule has 2 aromatic rings. The van der Waals surface area contributed by atoms with Crippen LogP contribution in [0.4, 0.5) is 5.69 Å². The van der Waals surface area contributed by atoms with Gasteiger partial charge in [-0.2, -0.15) is 5.26 Å². The number of rotatable bonds is 3. The summed E-state index contributed by atoms with van der Waals surface area (Å²) in [6, 6.07) is 11.5. The Hall–Kier alpha value is -2.39. The van der Waals surface area contributed by atoms with Crippen molar-refractivity contribution in [2.24, 2.45) is 0 Å². The SMILES string of the molecule is Cc1ccc(Oc2ccc(Br)cc2C#N)c([N+](=O)[O-])c1. The number of benzene rings is 2. The number of nitro benzene ring substituents is 1. The van der Waals surface area contributed by atoms with E-state index < -0.39 is 4.92 Å². The van der Waals surface area contributed by atoms with E-state index in [0.717, 1.165) is 10.0 Å². The molecule has 0 spiro atoms. The maximum atomic E-state index is 11.0. The van der Waals surface area contributed by atoms with Crippen molar-refractivity contribution in [3.63, 3.8) is 0 Å². The van der Waals surface area contributed by atoms with E-state index in [9.17, 15) is 10.1 Å². The predicted molar refractivity (Wildman–Crippen MR) is 76.8 cm³/mol. The average Bonchev–Trinajstić information content (AvgIpc) is 2.42. The van der Waals surface area contributed by atoms with Crippen LogP contribution < -0.4 is 4.74 Å². The molecule has 20 heavy (non-hydrogen) atoms. The van der Waals surface area contributed by atoms with Gasteiger partial charge in [-0.25, -0.2) is 0 Å². The van der Waals surface area contributed by atoms with Crippen LogP contribution in [0.3, 0.4) is 0 Å². The highest BCUT2D eigenvalue weighted by atomic mass is 79.9. The van der Waals surface area contributed by atoms with Crippen LogP contribution in [0.2, 0.25) is 0 Å². The Morgan fingerprint density at radius 1 is 1.25 bits per heavy atom. The zero-order chi connectivity index (χ0) is 14.7. The Balaban J connectivity index is 2.45. The maximum absolute atomic E-state index is 11.0. The van der Waals surface area contributed by atoms with Crippen molar-refractivity contribution < 1.29 is 9.66 Å². The van der Waals surface area contributed by atoms with Crippen molar-refractivity contribution in [3.8, 4) is 17.6 Å². The molecule has 0 saturated carbocycles. The molecule has 0 aliphatic rings. The Morgan fingerprint density at radius 3 is 2.60 bits per heavy atom. The Kier molecular flexibility index (Phi) is 4.01. The smallest absolute Gasteiger partial charge is 0.311 e. The summed E-state index contributed by atoms with van der Waals surface area (Å²) in [5.74, 6) is 0.391. The van der Waals surface area contributed by atoms with E-state index in [0.29, 0.717) is 5.56 Å². The fourth-order valence-electron chi connectivity index (χ4n) is 1.65. The molecule has 0 fully saturated rings. The van der Waals surface area contributed by atoms with Crippen molar-refractivity contribution in [3.05, 3.63) is 62.1 Å². The van der Waals surface area contributed by atoms with Gasteiger partial charge in [0.15, 0.2) is 0 Å². The highest BCUT2D eigenvalue weighted by Gasteiger charge is 2.17. The van der Waals surface area contributed by atoms with Crippen molar-refractivity contribution in [1.82, 2.24) is 0 Å². The lowest BCUT2D eigenvalue weighted by Gasteiger charge is -2.08. The third kappa shape index (κ3) is 2.95. The summed E-state index contributed by atoms with van der Waals surface area (Å²) in [6.07, 6.45) is 0. The van der Waals surface area contributed by atoms with Crippen molar-refractivity contribution in [2.45, 2.75) is 6.92 Å². The Labute approximate surface area is 123 Å². The number of ether oxygens (including phenoxy) is 1. The van der Waals surface area contributed by atoms with E-state index in [1.54, 1.807) is 31.2 Å². The van der Waals surface area contributed by atoms with Gasteiger partial charge in [0.25, 0.3) is 0 Å². The number of hydrogen-bond acceptors (Lipinski definition) is 4. The molecule has 0 N–H and O–H groups in total. The van der Waals surface area contributed by atoms with Crippen molar-refractivity contribution >= 4 is 21.6 Å². The first-order valence-corrected chi connectivity index (χ1v) is 6.43. The first-order chi connectivity index (χ1) is 9.51. The van der Waals surface area contributed by atoms with Crippen molar-refractivity contribution in [1.29, 1.82) is 5.26 Å². The number of nitriles is 1. The van der Waals surface area contributed by atoms with Gasteiger partial charge in [0, 0.05) is 10.5 Å². The van der Waals surface area contributed by atoms with E-state index in [1.165, 1.54) is 12.1 Å². The summed E-state index contributed by atoms with van der Waals surface area (Å²) in [4.78, 5) is 10.5. The number of halogens is 1. The molecule has 0 aliphatic carbocycles. The highest BCUT2D eigenvalue weighted by Crippen LogP contribution is 2.34. The van der Waals surface area contributed by atoms with Gasteiger partial charge >= 0.3 is 5.69 Å². The average molecular weight is 333 g/mol. The number of nitrogens with zero attached hydrogens (tertiary/aromatic N) is 2. The molecule has 0 saturated heterocycles. The molecule has 0 atom stereocenters. The van der Waals surface area contributed by atoms with Crippen LogP contribution in [0.5, 0.6) is 11.5 Å². The summed E-state index contributed by atoms with van der Waals surface area (Å²) < 4.78 is 6.25. The van der Waals surface area contributed by atoms with Gasteiger partial charge in [-0.1, -0.05) is 22.0 Å². The van der Waals surface area contributed by atoms with E-state index in [2.05, 4.69) is 15.9 Å². The van der Waals surface area contributed by atoms with Crippen LogP contribution in [0.1, 0.15) is 11.1 Å². The molecule has 0 aliphatic heterocycles. The minimum Gasteiger partial charge on any atom is -0.449 e. The van der Waals surface area contributed by atoms with Gasteiger partial charge in [0.2, 0.25) is 5.75 Å². The largest absolute Gasteiger partial charge is 0.449 e. The molecule has 0 unspecified atom stereocenters. The lowest BCUT2D eigenvalue weighted by atomic mass is 10.2. The topological polar surface area (TPSA) is 76.2 Å². The molecule has 100 valence electrons. The van der Waals surface area contributed by atoms with Gasteiger partial charge in [-0.05, 0) is 36.8 Å². The van der Waals surface area contributed by atoms with Gasteiger partial charge in [0.05, 0.1) is 10.5 Å². The molecule has 0 heterocycles. The second kappa shape index (κ2) is 5.72. The van der Waals surface area contributed by atoms with Crippen LogP contribution in [0, 0.1) is 28.4 Å². The fraction of sp³-hybridized carbons (Fsp3) is 0.0714. The van der Waals surface area contributed by atoms with Crippen LogP contribution in [-0.4, -0.2) is 4.92 Å². The first kappa shape index (κ1) is 14.0. The van der Waals surface area contributed by atoms with Gasteiger partial charge < -0.3 is 4.74 Å². The summed E-state index contributed by atoms with van der Waals surface area (Å²) >= 11 is 3.25. The molecule has 2 aromatic carbocycles. The summed E-state index contributed by atoms with van der Waals surface area (Å²) in [6.45, 7) is 1.76. The molecule has 0 bridgehead atoms. The van der Waals surface area contributed by atoms with Crippen LogP contribution >= 0.6 is 15.9 Å². The highest BCUT2D eigenvalue weighted by molar-refractivity contribution is 9.10. The Bertz CT molecular complexity index is 723. The van der Waals surface area contributed by atoms with Crippen LogP contribution in [-0.2, 0) is 0 Å². The first-order valence-electron chi connectivity index (χ1n) is 5.64. The molecular formula is C14H9BrN2O3. The van der Waals surface area contributed by atoms with Crippen molar-refractivity contribution in [2.75, 3.05) is 0 Å². The van der Waals surface area contributed by atoms with E-state index in [-0.39, 0.29) is 17.2 Å². The quantitative estimate of drug-likeness (QED) is 0.619. The molecule has 0 amide bonds. The molecular weight excluding hydrogens is 324 g/mol. The molecule has 0 aromatic heterocycles. The zero-order valence-electron chi connectivity index (χ0n) is 10.5. The normalized spacial score (nSPS) is 9.85. The summed E-state index contributed by atoms with van der Waals surface area (Å²) in [5, 5.41) is 20.1. The molecule has 0 radical (unpaired) electrons. The molecule has 6 heteroatoms. The van der Waals surface area contributed by atoms with Crippen LogP contribution in [0.15, 0.2) is 40.9 Å². The fourth-order valence-corrected chi connectivity index (χ4v) is 2.01. The van der Waals surface area contributed by atoms with E-state index >= 15 is 0 Å². The number of hydrogen-bond donors (Lipinski definition) is 0. The minimum atomic E-state index is -0.507. The lowest BCUT2D eigenvalue weighted by molar-refractivity contribution is -0.385. The lowest BCUT2D eigenvalue weighted by Crippen LogP contribution is -1.95. The van der Waals surface area contributed by atoms with Gasteiger partial charge in [0.1, 0.15) is 11.8 Å². The summed E-state index contributed by atoms with van der Waals surface area (Å²) in [7, 11) is 0. The second-order valence-electron chi connectivity index (χ2n) is 4.08. The summed E-state index contributed by atoms with van der Waals surface area (Å²) in [5.41, 5.74) is 0.936. The van der Waals surface area contributed by atoms with Crippen LogP contribution in [0.25, 0.3) is 0 Å². The monoisotopic (exact) mass is 332 g/mol. The second-order valence-corrected chi connectivity index (χ2v) is 5.00. The standard InChI is InChI=1S/C14H9BrN2O3/c1-9-2-4-14(12(6-9)17(18)19)20-13-5-3-11(15)7-10(13)8-16/h2-7H,1H3. The number of aryl methyl sites for hydroxylation is 1. The Morgan fingerprint density at radius 2 is 1.95 bits per heavy atom. The van der Waals surface area contributed by atoms with Gasteiger partial charge in [-0.15, -0.1) is 0 Å². The maximum Gasteiger partial charge on any atom is 0.311 e. The minimum absolute atomic E-state index is 0.111. The zero-order valence-corrected chi connectivity index (χ0v) is 12.0. The third-order valence-electron chi connectivity index (χ3n) is 2.59. The van der Waals surface area contributed by atoms with E-state index in [4.69, 9.17) is 10.00 Å². The number of nitro groups is 1. The third-order valence-corrected chi connectivity index (χ3v) is 3.09.